The number of benzene rings is 2. The Balaban J connectivity index is 0.00000400. The molecular weight excluding hydrogens is 633 g/mol. The van der Waals surface area contributed by atoms with E-state index in [2.05, 4.69) is 0 Å². The van der Waals surface area contributed by atoms with Gasteiger partial charge in [-0.1, -0.05) is 52.5 Å². The predicted octanol–water partition coefficient (Wildman–Crippen LogP) is 0.918. The summed E-state index contributed by atoms with van der Waals surface area (Å²) in [5.74, 6) is -1.88. The second-order valence-electron chi connectivity index (χ2n) is 7.72. The van der Waals surface area contributed by atoms with Gasteiger partial charge in [-0.05, 0) is 18.2 Å². The Morgan fingerprint density at radius 1 is 0.868 bits per heavy atom. The molecule has 2 aromatic carbocycles. The van der Waals surface area contributed by atoms with E-state index in [-0.39, 0.29) is 83.7 Å². The van der Waals surface area contributed by atoms with E-state index >= 15 is 0 Å². The van der Waals surface area contributed by atoms with Crippen LogP contribution >= 0.6 is 46.4 Å². The zero-order chi connectivity index (χ0) is 27.4. The van der Waals surface area contributed by atoms with E-state index in [9.17, 15) is 25.9 Å². The number of fused-ring (bicyclic) bond motifs is 2. The van der Waals surface area contributed by atoms with E-state index in [4.69, 9.17) is 60.5 Å². The molecular formula is C21H13Cl4N4NaO6S2. The van der Waals surface area contributed by atoms with Gasteiger partial charge in [0.15, 0.2) is 24.0 Å². The minimum absolute atomic E-state index is 0. The third-order valence-electron chi connectivity index (χ3n) is 5.25. The summed E-state index contributed by atoms with van der Waals surface area (Å²) in [4.78, 5) is 2.19. The van der Waals surface area contributed by atoms with E-state index < -0.39 is 32.0 Å². The van der Waals surface area contributed by atoms with E-state index in [0.717, 1.165) is 18.9 Å². The number of hydrogen-bond acceptors (Lipinski definition) is 8. The van der Waals surface area contributed by atoms with Gasteiger partial charge >= 0.3 is 29.6 Å². The van der Waals surface area contributed by atoms with E-state index in [1.165, 1.54) is 42.5 Å². The first-order chi connectivity index (χ1) is 17.1. The Hall–Kier alpha value is -1.03. The van der Waals surface area contributed by atoms with Crippen LogP contribution in [0.1, 0.15) is 5.82 Å². The van der Waals surface area contributed by atoms with Crippen LogP contribution in [0.2, 0.25) is 20.1 Å². The molecule has 1 aliphatic rings. The van der Waals surface area contributed by atoms with Crippen LogP contribution < -0.4 is 43.9 Å². The second kappa shape index (κ2) is 11.5. The number of hydrogen-bond donors (Lipinski definition) is 0. The van der Waals surface area contributed by atoms with Crippen LogP contribution in [-0.2, 0) is 26.1 Å². The van der Waals surface area contributed by atoms with Crippen LogP contribution in [0.4, 0.5) is 11.4 Å². The SMILES string of the molecule is [CH]N1/C(=C\C=C\c2n(CS(=O)(=O)[O-])c3cc(Cl)c(Cl)cc3[n+]2[CH])N(CS(=O)(=O)[O-])c2cc(Cl)c(Cl)cc21.[Na+]. The average molecular weight is 646 g/mol. The molecule has 0 bridgehead atoms. The Kier molecular flexibility index (Phi) is 9.49. The molecule has 4 radical (unpaired) electrons. The standard InChI is InChI=1S/C21H15Cl4N4O6S2.Na/c1-26-16-6-12(22)14(24)8-18(16)28(10-36(30,31)32)20(26)4-3-5-21-27(2)17-7-13(23)15(25)9-19(17)29(21)11-37(33,34)35;/h1-9H,10-11H2,(H,30,31,32)(H,33,34,35);/q2*+1/p-2. The van der Waals surface area contributed by atoms with Crippen LogP contribution in [0.5, 0.6) is 0 Å². The maximum atomic E-state index is 11.6. The zero-order valence-corrected chi connectivity index (χ0v) is 25.8. The molecule has 0 atom stereocenters. The molecule has 0 saturated heterocycles. The summed E-state index contributed by atoms with van der Waals surface area (Å²) in [5, 5.41) is 0.484. The van der Waals surface area contributed by atoms with Crippen molar-refractivity contribution in [2.45, 2.75) is 5.88 Å². The van der Waals surface area contributed by atoms with E-state index in [1.54, 1.807) is 0 Å². The fraction of sp³-hybridized carbons (Fsp3) is 0.0952. The van der Waals surface area contributed by atoms with E-state index in [1.807, 2.05) is 0 Å². The van der Waals surface area contributed by atoms with Crippen LogP contribution in [0.3, 0.4) is 0 Å². The number of nitrogens with zero attached hydrogens (tertiary/aromatic N) is 4. The molecule has 194 valence electrons. The molecule has 2 heterocycles. The Bertz CT molecular complexity index is 1730. The zero-order valence-electron chi connectivity index (χ0n) is 19.2. The second-order valence-corrected chi connectivity index (χ2v) is 12.1. The molecule has 1 aromatic heterocycles. The Morgan fingerprint density at radius 2 is 1.39 bits per heavy atom. The molecule has 0 N–H and O–H groups in total. The first-order valence-electron chi connectivity index (χ1n) is 9.82. The molecule has 0 saturated carbocycles. The fourth-order valence-corrected chi connectivity index (χ4v) is 5.58. The van der Waals surface area contributed by atoms with Gasteiger partial charge in [0.05, 0.1) is 38.5 Å². The molecule has 0 fully saturated rings. The van der Waals surface area contributed by atoms with Crippen molar-refractivity contribution in [2.75, 3.05) is 15.7 Å². The molecule has 0 aliphatic carbocycles. The third-order valence-corrected chi connectivity index (χ3v) is 7.84. The van der Waals surface area contributed by atoms with Gasteiger partial charge in [0.25, 0.3) is 5.82 Å². The van der Waals surface area contributed by atoms with Gasteiger partial charge in [0.1, 0.15) is 31.9 Å². The topological polar surface area (TPSA) is 130 Å². The maximum absolute atomic E-state index is 11.6. The first kappa shape index (κ1) is 31.5. The third kappa shape index (κ3) is 6.47. The van der Waals surface area contributed by atoms with Crippen molar-refractivity contribution < 1.29 is 60.1 Å². The summed E-state index contributed by atoms with van der Waals surface area (Å²) < 4.78 is 71.7. The maximum Gasteiger partial charge on any atom is 1.00 e. The Morgan fingerprint density at radius 3 is 1.97 bits per heavy atom. The fourth-order valence-electron chi connectivity index (χ4n) is 3.77. The van der Waals surface area contributed by atoms with Gasteiger partial charge in [0.2, 0.25) is 0 Å². The predicted molar refractivity (Wildman–Crippen MR) is 139 cm³/mol. The Labute approximate surface area is 261 Å². The van der Waals surface area contributed by atoms with Crippen LogP contribution in [0, 0.1) is 14.1 Å². The number of halogens is 4. The molecule has 10 nitrogen and oxygen atoms in total. The van der Waals surface area contributed by atoms with Crippen molar-refractivity contribution >= 4 is 95.1 Å². The van der Waals surface area contributed by atoms with Gasteiger partial charge < -0.3 is 18.9 Å². The molecule has 38 heavy (non-hydrogen) atoms. The number of anilines is 2. The number of imidazole rings is 1. The number of allylic oxidation sites excluding steroid dienone is 2. The van der Waals surface area contributed by atoms with Crippen molar-refractivity contribution in [1.29, 1.82) is 0 Å². The van der Waals surface area contributed by atoms with Crippen molar-refractivity contribution in [3.05, 3.63) is 82.2 Å². The van der Waals surface area contributed by atoms with Crippen LogP contribution in [-0.4, -0.2) is 36.4 Å². The molecule has 0 amide bonds. The van der Waals surface area contributed by atoms with Gasteiger partial charge in [-0.2, -0.15) is 0 Å². The monoisotopic (exact) mass is 644 g/mol. The molecule has 1 aliphatic heterocycles. The van der Waals surface area contributed by atoms with Crippen molar-refractivity contribution in [1.82, 2.24) is 4.57 Å². The largest absolute Gasteiger partial charge is 1.00 e. The minimum Gasteiger partial charge on any atom is -0.747 e. The van der Waals surface area contributed by atoms with Crippen molar-refractivity contribution in [3.63, 3.8) is 0 Å². The summed E-state index contributed by atoms with van der Waals surface area (Å²) >= 11 is 24.3. The summed E-state index contributed by atoms with van der Waals surface area (Å²) in [6.07, 6.45) is 4.02. The normalized spacial score (nSPS) is 15.1. The summed E-state index contributed by atoms with van der Waals surface area (Å²) in [6, 6.07) is 5.50. The summed E-state index contributed by atoms with van der Waals surface area (Å²) in [5.41, 5.74) is 0.950. The summed E-state index contributed by atoms with van der Waals surface area (Å²) in [7, 11) is 2.75. The van der Waals surface area contributed by atoms with Crippen molar-refractivity contribution in [2.24, 2.45) is 0 Å². The van der Waals surface area contributed by atoms with Gasteiger partial charge in [0, 0.05) is 18.2 Å². The average Bonchev–Trinajstić information content (AvgIpc) is 3.13. The molecule has 0 unspecified atom stereocenters. The van der Waals surface area contributed by atoms with Gasteiger partial charge in [-0.15, -0.1) is 0 Å². The van der Waals surface area contributed by atoms with E-state index in [0.29, 0.717) is 0 Å². The number of rotatable bonds is 6. The molecule has 0 spiro atoms. The van der Waals surface area contributed by atoms with Crippen LogP contribution in [0.15, 0.2) is 42.2 Å². The van der Waals surface area contributed by atoms with Gasteiger partial charge in [-0.25, -0.2) is 26.0 Å². The number of aromatic nitrogens is 2. The first-order valence-corrected chi connectivity index (χ1v) is 14.5. The van der Waals surface area contributed by atoms with Crippen LogP contribution in [0.25, 0.3) is 17.1 Å². The summed E-state index contributed by atoms with van der Waals surface area (Å²) in [6.45, 7) is 0. The quantitative estimate of drug-likeness (QED) is 0.220. The van der Waals surface area contributed by atoms with Crippen molar-refractivity contribution in [3.8, 4) is 0 Å². The molecule has 3 aromatic rings. The minimum atomic E-state index is -4.77. The molecule has 4 rings (SSSR count). The molecule has 17 heteroatoms. The smallest absolute Gasteiger partial charge is 0.747 e. The van der Waals surface area contributed by atoms with Gasteiger partial charge in [-0.3, -0.25) is 0 Å².